The Morgan fingerprint density at radius 2 is 0.590 bits per heavy atom. The summed E-state index contributed by atoms with van der Waals surface area (Å²) < 4.78 is 39.9. The fourth-order valence-corrected chi connectivity index (χ4v) is 22.5. The molecule has 0 bridgehead atoms. The highest BCUT2D eigenvalue weighted by molar-refractivity contribution is 6.40. The molecule has 12 fully saturated rings. The Morgan fingerprint density at radius 1 is 0.312 bits per heavy atom. The third-order valence-electron chi connectivity index (χ3n) is 32.2. The number of carbonyl (C=O) groups excluding carboxylic acids is 17. The second-order valence-corrected chi connectivity index (χ2v) is 45.4. The van der Waals surface area contributed by atoms with Crippen LogP contribution in [0.15, 0.2) is 0 Å². The molecule has 36 nitrogen and oxygen atoms in total. The van der Waals surface area contributed by atoms with Gasteiger partial charge in [0.2, 0.25) is 34.8 Å². The molecule has 0 spiro atoms. The predicted octanol–water partition coefficient (Wildman–Crippen LogP) is 10.0. The number of hydrogen-bond acceptors (Lipinski definition) is 30. The number of Topliss-reactive ketones (excluding diaryl/α,β-unsaturated/α-hetero) is 11. The lowest BCUT2D eigenvalue weighted by molar-refractivity contribution is -0.300. The van der Waals surface area contributed by atoms with Crippen LogP contribution in [0.25, 0.3) is 0 Å². The van der Waals surface area contributed by atoms with Gasteiger partial charge in [0.15, 0.2) is 40.5 Å². The summed E-state index contributed by atoms with van der Waals surface area (Å²) in [6.45, 7) is 47.3. The molecule has 12 saturated heterocycles. The highest BCUT2D eigenvalue weighted by Gasteiger charge is 2.61. The Balaban J connectivity index is 0.000000234. The smallest absolute Gasteiger partial charge is 0.309 e. The van der Waals surface area contributed by atoms with Gasteiger partial charge in [0.05, 0.1) is 85.4 Å². The molecule has 0 saturated carbocycles. The third kappa shape index (κ3) is 29.1. The van der Waals surface area contributed by atoms with Crippen LogP contribution in [0.3, 0.4) is 0 Å². The van der Waals surface area contributed by atoms with E-state index in [2.05, 4.69) is 20.8 Å². The van der Waals surface area contributed by atoms with Gasteiger partial charge in [0, 0.05) is 81.9 Å². The molecule has 0 aliphatic carbocycles. The van der Waals surface area contributed by atoms with E-state index in [0.717, 1.165) is 77.0 Å². The number of carbonyl (C=O) groups is 17. The van der Waals surface area contributed by atoms with Gasteiger partial charge in [-0.25, -0.2) is 0 Å². The fraction of sp³-hybridized carbons (Fsp3) is 0.843. The molecule has 12 aliphatic rings. The number of nitrogens with zero attached hydrogens (tertiary/aromatic N) is 6. The number of ketones is 11. The van der Waals surface area contributed by atoms with E-state index in [1.807, 2.05) is 76.2 Å². The highest BCUT2D eigenvalue weighted by atomic mass is 16.7. The summed E-state index contributed by atoms with van der Waals surface area (Å²) in [4.78, 5) is 220. The molecule has 26 atom stereocenters. The number of piperidine rings is 4. The molecule has 0 radical (unpaired) electrons. The van der Waals surface area contributed by atoms with Crippen LogP contribution in [0.5, 0.6) is 0 Å². The monoisotopic (exact) mass is 2040 g/mol. The molecule has 6 amide bonds. The molecule has 12 aliphatic heterocycles. The molecule has 6 N–H and O–H groups in total. The van der Waals surface area contributed by atoms with Crippen LogP contribution < -0.4 is 0 Å². The largest absolute Gasteiger partial charge is 0.379 e. The van der Waals surface area contributed by atoms with Crippen LogP contribution in [-0.2, 0) is 115 Å². The van der Waals surface area contributed by atoms with E-state index in [1.54, 1.807) is 53.6 Å². The minimum absolute atomic E-state index is 0.00170. The first kappa shape index (κ1) is 124. The summed E-state index contributed by atoms with van der Waals surface area (Å²) in [6, 6.07) is -3.22. The fourth-order valence-electron chi connectivity index (χ4n) is 22.5. The zero-order valence-corrected chi connectivity index (χ0v) is 91.0. The summed E-state index contributed by atoms with van der Waals surface area (Å²) in [5, 5.41) is 65.5. The molecular formula is C108H176N6O30. The van der Waals surface area contributed by atoms with E-state index in [1.165, 1.54) is 59.1 Å². The average molecular weight is 2040 g/mol. The van der Waals surface area contributed by atoms with Gasteiger partial charge in [-0.3, -0.25) is 81.5 Å². The van der Waals surface area contributed by atoms with Crippen LogP contribution >= 0.6 is 0 Å². The molecular weight excluding hydrogens is 1860 g/mol. The normalized spacial score (nSPS) is 35.4. The maximum atomic E-state index is 13.0. The lowest BCUT2D eigenvalue weighted by atomic mass is 9.79. The Hall–Kier alpha value is -7.33. The zero-order valence-electron chi connectivity index (χ0n) is 91.0. The van der Waals surface area contributed by atoms with Crippen molar-refractivity contribution >= 4 is 99.1 Å². The topological polar surface area (TPSA) is 496 Å². The average Bonchev–Trinajstić information content (AvgIpc) is 1.28. The quantitative estimate of drug-likeness (QED) is 0.0409. The van der Waals surface area contributed by atoms with E-state index in [9.17, 15) is 112 Å². The van der Waals surface area contributed by atoms with Gasteiger partial charge >= 0.3 is 11.6 Å². The second kappa shape index (κ2) is 52.9. The number of methoxy groups -OCH3 is 1. The predicted molar refractivity (Wildman–Crippen MR) is 530 cm³/mol. The van der Waals surface area contributed by atoms with Crippen molar-refractivity contribution in [1.82, 2.24) is 29.4 Å². The number of rotatable bonds is 23. The van der Waals surface area contributed by atoms with Crippen molar-refractivity contribution in [3.63, 3.8) is 0 Å². The molecule has 0 aromatic rings. The molecule has 36 heteroatoms. The molecule has 12 heterocycles. The lowest BCUT2D eigenvalue weighted by Crippen LogP contribution is -2.63. The van der Waals surface area contributed by atoms with Gasteiger partial charge < -0.3 is 93.2 Å². The number of amides is 6. The van der Waals surface area contributed by atoms with Gasteiger partial charge in [-0.15, -0.1) is 0 Å². The minimum atomic E-state index is -2.48. The van der Waals surface area contributed by atoms with Crippen molar-refractivity contribution in [2.45, 2.75) is 460 Å². The van der Waals surface area contributed by atoms with E-state index in [4.69, 9.17) is 33.2 Å². The minimum Gasteiger partial charge on any atom is -0.379 e. The van der Waals surface area contributed by atoms with Crippen LogP contribution in [0.4, 0.5) is 0 Å². The number of hydrogen-bond donors (Lipinski definition) is 6. The van der Waals surface area contributed by atoms with Crippen LogP contribution in [0.2, 0.25) is 0 Å². The summed E-state index contributed by atoms with van der Waals surface area (Å²) in [5.41, 5.74) is 0. The summed E-state index contributed by atoms with van der Waals surface area (Å²) in [7, 11) is 1.57. The van der Waals surface area contributed by atoms with Gasteiger partial charge in [-0.05, 0) is 250 Å². The Bertz CT molecular complexity index is 4500. The Kier molecular flexibility index (Phi) is 45.4. The van der Waals surface area contributed by atoms with Crippen LogP contribution in [0, 0.1) is 76.9 Å². The van der Waals surface area contributed by atoms with E-state index in [-0.39, 0.29) is 131 Å². The number of aliphatic hydroxyl groups is 6. The van der Waals surface area contributed by atoms with Crippen molar-refractivity contribution in [3.8, 4) is 0 Å². The van der Waals surface area contributed by atoms with E-state index < -0.39 is 159 Å². The first-order chi connectivity index (χ1) is 67.0. The summed E-state index contributed by atoms with van der Waals surface area (Å²) in [5.74, 6) is -23.0. The van der Waals surface area contributed by atoms with Gasteiger partial charge in [0.1, 0.15) is 0 Å². The summed E-state index contributed by atoms with van der Waals surface area (Å²) >= 11 is 0. The van der Waals surface area contributed by atoms with Crippen LogP contribution in [-0.4, -0.2) is 319 Å². The third-order valence-corrected chi connectivity index (χ3v) is 32.2. The molecule has 9 unspecified atom stereocenters. The first-order valence-electron chi connectivity index (χ1n) is 53.5. The van der Waals surface area contributed by atoms with Crippen LogP contribution in [0.1, 0.15) is 346 Å². The van der Waals surface area contributed by atoms with Crippen molar-refractivity contribution < 1.29 is 145 Å². The maximum absolute atomic E-state index is 13.0. The first-order valence-corrected chi connectivity index (χ1v) is 53.5. The summed E-state index contributed by atoms with van der Waals surface area (Å²) in [6.07, 6.45) is 15.8. The number of ether oxygens (including phenoxy) is 7. The van der Waals surface area contributed by atoms with Gasteiger partial charge in [-0.2, -0.15) is 0 Å². The van der Waals surface area contributed by atoms with E-state index in [0.29, 0.717) is 135 Å². The van der Waals surface area contributed by atoms with E-state index >= 15 is 0 Å². The molecule has 0 aromatic heterocycles. The van der Waals surface area contributed by atoms with Crippen molar-refractivity contribution in [1.29, 1.82) is 0 Å². The SMILES string of the molecule is CC(=O)[C@@H]1CCCCN1C(=O)C(=O)[C@]1(O)OC(C(C)C)CC[C@H]1C.CC(=O)[C@@H]1CCCCN1C(=O)C1(O)OC(C(C)C)CC[C@@H](C)C1=O.CC(=O)[C@@H]1CCCCN1C(=O)C[C@]1(O)OC(C(C)C)C(C)C[C@H]1C.CC(=O)[C@@H]1CCCN1C(=O)C(=O)[C@]1(O)OC(C(C)C)CC[C@H]1C.CC(=O)[C@@H]1CCCN1C(=O)C1(O)OC(C(C)C)CC[C@@H](C)C1=O.CO[C@H]1C[C@@H](C)[C@](O)(C(=O)C(=O)N2CCCC[C@H]2C(C)=O)OC1C(C)C. The molecule has 0 aromatic carbocycles. The number of likely N-dealkylation sites (tertiary alicyclic amines) is 6. The second-order valence-electron chi connectivity index (χ2n) is 45.4. The molecule has 818 valence electrons. The Labute approximate surface area is 853 Å². The lowest BCUT2D eigenvalue weighted by Gasteiger charge is -2.47. The highest BCUT2D eigenvalue weighted by Crippen LogP contribution is 2.45. The van der Waals surface area contributed by atoms with Crippen molar-refractivity contribution in [3.05, 3.63) is 0 Å². The Morgan fingerprint density at radius 3 is 0.910 bits per heavy atom. The molecule has 12 rings (SSSR count). The van der Waals surface area contributed by atoms with Crippen molar-refractivity contribution in [2.24, 2.45) is 76.9 Å². The maximum Gasteiger partial charge on any atom is 0.309 e. The van der Waals surface area contributed by atoms with Gasteiger partial charge in [-0.1, -0.05) is 132 Å². The standard InChI is InChI=1S/C19H31NO6.C19H33NO4.2C18H29NO5.2C17H27NO5/c1-11(2)16-15(25-5)10-12(3)19(24,26-16)17(22)18(23)20-9-7-6-8-14(20)13(4)21;1-12(2)18-13(3)10-14(4)19(23,24-18)11-17(22)20-9-7-6-8-16(20)15(5)21;1-11(2)15-9-8-12(3)18(23,24-15)16(21)17(22)19-10-6-5-7-14(19)13(4)20;1-11(2)15-9-8-12(3)16(21)18(23,24-15)17(22)19-10-6-5-7-14(19)13(4)20;1-10(2)14-8-7-11(3)17(22,23-14)15(20)16(21)18-9-5-6-13(18)12(4)19;1-10(2)14-8-7-11(3)15(20)17(22,23-14)16(21)18-9-5-6-13(18)12(4)19/h11-12,14-16,24H,6-10H2,1-5H3;12-14,16,18,23H,6-11H2,1-5H3;2*11-12,14-15,23H,5-10H2,1-4H3;2*10-11,13-14,22H,5-9H2,1-4H3/t12-,14+,15+,16?,19-;13?,14-,16+,18?,19+;12-,14+,15?,18-;12-,14+,15?,18?;11-,13+,14?,17-;11-,13+,14?,17?/m111111/s1. The molecule has 144 heavy (non-hydrogen) atoms. The van der Waals surface area contributed by atoms with Gasteiger partial charge in [0.25, 0.3) is 46.9 Å². The van der Waals surface area contributed by atoms with Crippen molar-refractivity contribution in [2.75, 3.05) is 46.4 Å². The zero-order chi connectivity index (χ0) is 109.